The zero-order valence-electron chi connectivity index (χ0n) is 15.2. The predicted octanol–water partition coefficient (Wildman–Crippen LogP) is 3.26. The lowest BCUT2D eigenvalue weighted by molar-refractivity contribution is 0.244. The molecule has 1 fully saturated rings. The Labute approximate surface area is 176 Å². The highest BCUT2D eigenvalue weighted by Gasteiger charge is 2.38. The van der Waals surface area contributed by atoms with Crippen LogP contribution in [0.1, 0.15) is 37.6 Å². The zero-order chi connectivity index (χ0) is 17.7. The molecule has 3 rings (SSSR count). The van der Waals surface area contributed by atoms with Gasteiger partial charge in [-0.15, -0.1) is 24.0 Å². The van der Waals surface area contributed by atoms with Crippen molar-refractivity contribution < 1.29 is 0 Å². The van der Waals surface area contributed by atoms with Crippen LogP contribution >= 0.6 is 35.6 Å². The van der Waals surface area contributed by atoms with Crippen LogP contribution in [0, 0.1) is 0 Å². The summed E-state index contributed by atoms with van der Waals surface area (Å²) in [6.45, 7) is 4.25. The summed E-state index contributed by atoms with van der Waals surface area (Å²) in [6, 6.07) is 8.24. The lowest BCUT2D eigenvalue weighted by Crippen LogP contribution is -2.48. The number of halogens is 2. The van der Waals surface area contributed by atoms with E-state index < -0.39 is 0 Å². The molecule has 0 saturated heterocycles. The van der Waals surface area contributed by atoms with E-state index in [1.807, 2.05) is 19.2 Å². The van der Waals surface area contributed by atoms with Crippen LogP contribution in [0.15, 0.2) is 35.6 Å². The van der Waals surface area contributed by atoms with Gasteiger partial charge in [-0.3, -0.25) is 4.68 Å². The molecule has 0 spiro atoms. The smallest absolute Gasteiger partial charge is 0.191 e. The second-order valence-electron chi connectivity index (χ2n) is 6.49. The molecule has 2 aromatic rings. The van der Waals surface area contributed by atoms with E-state index in [9.17, 15) is 0 Å². The topological polar surface area (TPSA) is 67.1 Å². The van der Waals surface area contributed by atoms with Crippen molar-refractivity contribution in [2.24, 2.45) is 12.0 Å². The minimum Gasteiger partial charge on any atom is -0.357 e. The van der Waals surface area contributed by atoms with E-state index in [0.29, 0.717) is 6.54 Å². The van der Waals surface area contributed by atoms with Gasteiger partial charge in [-0.2, -0.15) is 5.10 Å². The molecular weight excluding hydrogens is 463 g/mol. The van der Waals surface area contributed by atoms with Gasteiger partial charge < -0.3 is 10.6 Å². The maximum atomic E-state index is 6.04. The molecule has 142 valence electrons. The molecule has 0 atom stereocenters. The minimum atomic E-state index is 0. The first-order valence-corrected chi connectivity index (χ1v) is 9.12. The van der Waals surface area contributed by atoms with Crippen LogP contribution in [0.5, 0.6) is 0 Å². The van der Waals surface area contributed by atoms with Crippen LogP contribution < -0.4 is 10.6 Å². The Morgan fingerprint density at radius 2 is 2.00 bits per heavy atom. The van der Waals surface area contributed by atoms with Gasteiger partial charge in [-0.1, -0.05) is 30.2 Å². The van der Waals surface area contributed by atoms with Gasteiger partial charge in [0.25, 0.3) is 0 Å². The largest absolute Gasteiger partial charge is 0.357 e. The molecule has 8 heteroatoms. The summed E-state index contributed by atoms with van der Waals surface area (Å²) in [5.74, 6) is 1.65. The van der Waals surface area contributed by atoms with E-state index in [1.54, 1.807) is 11.0 Å². The second kappa shape index (κ2) is 9.55. The third kappa shape index (κ3) is 4.88. The number of nitrogens with zero attached hydrogens (tertiary/aromatic N) is 4. The summed E-state index contributed by atoms with van der Waals surface area (Å²) < 4.78 is 1.74. The van der Waals surface area contributed by atoms with Gasteiger partial charge in [0, 0.05) is 30.6 Å². The quantitative estimate of drug-likeness (QED) is 0.372. The van der Waals surface area contributed by atoms with E-state index in [2.05, 4.69) is 44.8 Å². The molecular formula is C18H26ClIN6. The van der Waals surface area contributed by atoms with Crippen molar-refractivity contribution in [3.8, 4) is 0 Å². The molecule has 2 N–H and O–H groups in total. The number of hydrogen-bond donors (Lipinski definition) is 2. The molecule has 0 unspecified atom stereocenters. The van der Waals surface area contributed by atoms with Crippen molar-refractivity contribution in [1.82, 2.24) is 25.4 Å². The minimum absolute atomic E-state index is 0. The van der Waals surface area contributed by atoms with Crippen LogP contribution in [0.4, 0.5) is 0 Å². The Morgan fingerprint density at radius 1 is 1.27 bits per heavy atom. The Bertz CT molecular complexity index is 724. The maximum Gasteiger partial charge on any atom is 0.191 e. The Hall–Kier alpha value is -1.35. The summed E-state index contributed by atoms with van der Waals surface area (Å²) in [5.41, 5.74) is 1.52. The lowest BCUT2D eigenvalue weighted by Gasteiger charge is -2.43. The highest BCUT2D eigenvalue weighted by molar-refractivity contribution is 14.0. The first-order valence-electron chi connectivity index (χ1n) is 8.74. The number of benzene rings is 1. The van der Waals surface area contributed by atoms with Crippen molar-refractivity contribution >= 4 is 41.5 Å². The van der Waals surface area contributed by atoms with Gasteiger partial charge in [-0.05, 0) is 37.5 Å². The summed E-state index contributed by atoms with van der Waals surface area (Å²) in [5, 5.41) is 11.7. The van der Waals surface area contributed by atoms with Crippen molar-refractivity contribution in [3.63, 3.8) is 0 Å². The fraction of sp³-hybridized carbons (Fsp3) is 0.500. The van der Waals surface area contributed by atoms with Crippen LogP contribution in [-0.2, 0) is 19.0 Å². The van der Waals surface area contributed by atoms with Gasteiger partial charge in [0.2, 0.25) is 0 Å². The maximum absolute atomic E-state index is 6.04. The SMILES string of the molecule is CCNC(=NCc1ncnn1C)NCC1(c2ccc(Cl)cc2)CCC1.I. The Kier molecular flexibility index (Phi) is 7.69. The molecule has 1 aliphatic rings. The summed E-state index contributed by atoms with van der Waals surface area (Å²) >= 11 is 6.04. The first kappa shape index (κ1) is 21.0. The summed E-state index contributed by atoms with van der Waals surface area (Å²) in [7, 11) is 1.88. The third-order valence-corrected chi connectivity index (χ3v) is 5.14. The normalized spacial score (nSPS) is 15.7. The fourth-order valence-electron chi connectivity index (χ4n) is 3.18. The predicted molar refractivity (Wildman–Crippen MR) is 116 cm³/mol. The molecule has 1 aromatic carbocycles. The van der Waals surface area contributed by atoms with Crippen molar-refractivity contribution in [3.05, 3.63) is 47.0 Å². The van der Waals surface area contributed by atoms with Crippen LogP contribution in [0.25, 0.3) is 0 Å². The average molecular weight is 489 g/mol. The number of aryl methyl sites for hydroxylation is 1. The molecule has 1 saturated carbocycles. The molecule has 1 aromatic heterocycles. The van der Waals surface area contributed by atoms with E-state index in [0.717, 1.165) is 29.9 Å². The standard InChI is InChI=1S/C18H25ClN6.HI/c1-3-20-17(21-11-16-23-13-24-25(16)2)22-12-18(9-4-10-18)14-5-7-15(19)8-6-14;/h5-8,13H,3-4,9-12H2,1-2H3,(H2,20,21,22);1H. The fourth-order valence-corrected chi connectivity index (χ4v) is 3.31. The molecule has 0 radical (unpaired) electrons. The molecule has 0 aliphatic heterocycles. The van der Waals surface area contributed by atoms with E-state index >= 15 is 0 Å². The second-order valence-corrected chi connectivity index (χ2v) is 6.93. The monoisotopic (exact) mass is 488 g/mol. The highest BCUT2D eigenvalue weighted by Crippen LogP contribution is 2.43. The number of rotatable bonds is 6. The number of hydrogen-bond acceptors (Lipinski definition) is 3. The highest BCUT2D eigenvalue weighted by atomic mass is 127. The number of guanidine groups is 1. The van der Waals surface area contributed by atoms with Gasteiger partial charge in [0.1, 0.15) is 18.7 Å². The molecule has 1 heterocycles. The Balaban J connectivity index is 0.00000243. The molecule has 0 bridgehead atoms. The van der Waals surface area contributed by atoms with Crippen LogP contribution in [0.2, 0.25) is 5.02 Å². The number of aromatic nitrogens is 3. The van der Waals surface area contributed by atoms with Crippen molar-refractivity contribution in [2.45, 2.75) is 38.1 Å². The number of nitrogens with one attached hydrogen (secondary N) is 2. The van der Waals surface area contributed by atoms with E-state index in [1.165, 1.54) is 24.8 Å². The zero-order valence-corrected chi connectivity index (χ0v) is 18.3. The average Bonchev–Trinajstić information content (AvgIpc) is 2.98. The molecule has 26 heavy (non-hydrogen) atoms. The first-order chi connectivity index (χ1) is 12.1. The van der Waals surface area contributed by atoms with Gasteiger partial charge in [-0.25, -0.2) is 9.98 Å². The van der Waals surface area contributed by atoms with Gasteiger partial charge in [0.05, 0.1) is 0 Å². The van der Waals surface area contributed by atoms with Crippen molar-refractivity contribution in [1.29, 1.82) is 0 Å². The van der Waals surface area contributed by atoms with E-state index in [-0.39, 0.29) is 29.4 Å². The Morgan fingerprint density at radius 3 is 2.54 bits per heavy atom. The van der Waals surface area contributed by atoms with Crippen molar-refractivity contribution in [2.75, 3.05) is 13.1 Å². The summed E-state index contributed by atoms with van der Waals surface area (Å²) in [4.78, 5) is 8.85. The molecule has 0 amide bonds. The lowest BCUT2D eigenvalue weighted by atomic mass is 9.64. The molecule has 1 aliphatic carbocycles. The van der Waals surface area contributed by atoms with E-state index in [4.69, 9.17) is 11.6 Å². The van der Waals surface area contributed by atoms with Gasteiger partial charge in [0.15, 0.2) is 5.96 Å². The number of aliphatic imine (C=N–C) groups is 1. The molecule has 6 nitrogen and oxygen atoms in total. The van der Waals surface area contributed by atoms with Gasteiger partial charge >= 0.3 is 0 Å². The summed E-state index contributed by atoms with van der Waals surface area (Å²) in [6.07, 6.45) is 5.18. The third-order valence-electron chi connectivity index (χ3n) is 4.89. The van der Waals surface area contributed by atoms with Crippen LogP contribution in [0.3, 0.4) is 0 Å². The van der Waals surface area contributed by atoms with Crippen LogP contribution in [-0.4, -0.2) is 33.8 Å².